The van der Waals surface area contributed by atoms with Gasteiger partial charge in [-0.15, -0.1) is 0 Å². The second-order valence-electron chi connectivity index (χ2n) is 4.34. The van der Waals surface area contributed by atoms with Gasteiger partial charge in [0.05, 0.1) is 11.1 Å². The van der Waals surface area contributed by atoms with Crippen molar-refractivity contribution in [3.63, 3.8) is 0 Å². The van der Waals surface area contributed by atoms with Gasteiger partial charge in [-0.1, -0.05) is 0 Å². The topological polar surface area (TPSA) is 57.6 Å². The van der Waals surface area contributed by atoms with Crippen molar-refractivity contribution >= 4 is 56.1 Å². The van der Waals surface area contributed by atoms with Crippen LogP contribution in [0.2, 0.25) is 0 Å². The Morgan fingerprint density at radius 2 is 1.76 bits per heavy atom. The van der Waals surface area contributed by atoms with Crippen molar-refractivity contribution in [1.82, 2.24) is 0 Å². The van der Waals surface area contributed by atoms with Gasteiger partial charge in [0.25, 0.3) is 5.91 Å². The summed E-state index contributed by atoms with van der Waals surface area (Å²) in [5.74, 6) is -1.15. The summed E-state index contributed by atoms with van der Waals surface area (Å²) in [6.45, 7) is 0. The molecule has 0 saturated heterocycles. The largest absolute Gasteiger partial charge is 0.478 e. The minimum Gasteiger partial charge on any atom is -0.478 e. The molecule has 0 saturated carbocycles. The van der Waals surface area contributed by atoms with Crippen LogP contribution < -0.4 is 4.90 Å². The lowest BCUT2D eigenvalue weighted by molar-refractivity contribution is 0.0696. The number of benzene rings is 2. The predicted molar refractivity (Wildman–Crippen MR) is 93.0 cm³/mol. The first kappa shape index (κ1) is 16.0. The highest BCUT2D eigenvalue weighted by molar-refractivity contribution is 14.1. The Bertz CT molecular complexity index is 701. The van der Waals surface area contributed by atoms with Gasteiger partial charge in [-0.3, -0.25) is 4.79 Å². The van der Waals surface area contributed by atoms with E-state index in [0.29, 0.717) is 11.3 Å². The van der Waals surface area contributed by atoms with Crippen LogP contribution in [0.5, 0.6) is 0 Å². The van der Waals surface area contributed by atoms with E-state index in [1.807, 2.05) is 12.1 Å². The van der Waals surface area contributed by atoms with E-state index in [1.54, 1.807) is 25.2 Å². The molecule has 0 aromatic heterocycles. The Morgan fingerprint density at radius 3 is 2.33 bits per heavy atom. The number of carboxylic acid groups (broad SMARTS) is 1. The molecular formula is C15H11BrINO3. The van der Waals surface area contributed by atoms with Crippen molar-refractivity contribution in [3.8, 4) is 0 Å². The third-order valence-electron chi connectivity index (χ3n) is 2.97. The molecule has 0 fully saturated rings. The first-order valence-electron chi connectivity index (χ1n) is 5.96. The molecular weight excluding hydrogens is 449 g/mol. The highest BCUT2D eigenvalue weighted by Gasteiger charge is 2.17. The molecule has 0 aliphatic rings. The molecule has 0 bridgehead atoms. The molecule has 2 rings (SSSR count). The van der Waals surface area contributed by atoms with Crippen LogP contribution in [0.25, 0.3) is 0 Å². The molecule has 108 valence electrons. The first-order valence-corrected chi connectivity index (χ1v) is 7.84. The Kier molecular flexibility index (Phi) is 5.00. The molecule has 1 amide bonds. The third kappa shape index (κ3) is 3.62. The second kappa shape index (κ2) is 6.57. The number of rotatable bonds is 3. The van der Waals surface area contributed by atoms with Gasteiger partial charge in [-0.05, 0) is 81.0 Å². The van der Waals surface area contributed by atoms with Gasteiger partial charge in [0.1, 0.15) is 0 Å². The average molecular weight is 460 g/mol. The van der Waals surface area contributed by atoms with Gasteiger partial charge in [0.15, 0.2) is 0 Å². The summed E-state index contributed by atoms with van der Waals surface area (Å²) in [5, 5.41) is 8.88. The third-order valence-corrected chi connectivity index (χ3v) is 4.33. The molecule has 21 heavy (non-hydrogen) atoms. The van der Waals surface area contributed by atoms with Crippen LogP contribution in [0.15, 0.2) is 46.9 Å². The van der Waals surface area contributed by atoms with E-state index in [9.17, 15) is 9.59 Å². The fraction of sp³-hybridized carbons (Fsp3) is 0.0667. The van der Waals surface area contributed by atoms with Crippen LogP contribution in [0.3, 0.4) is 0 Å². The van der Waals surface area contributed by atoms with Gasteiger partial charge in [-0.2, -0.15) is 0 Å². The Balaban J connectivity index is 2.30. The van der Waals surface area contributed by atoms with Crippen molar-refractivity contribution in [2.45, 2.75) is 0 Å². The summed E-state index contributed by atoms with van der Waals surface area (Å²) in [5.41, 5.74) is 1.39. The van der Waals surface area contributed by atoms with E-state index in [4.69, 9.17) is 5.11 Å². The summed E-state index contributed by atoms with van der Waals surface area (Å²) < 4.78 is 1.69. The Morgan fingerprint density at radius 1 is 1.14 bits per heavy atom. The number of halogens is 2. The Hall–Kier alpha value is -1.41. The maximum absolute atomic E-state index is 12.5. The minimum atomic E-state index is -0.990. The van der Waals surface area contributed by atoms with Crippen molar-refractivity contribution < 1.29 is 14.7 Å². The lowest BCUT2D eigenvalue weighted by atomic mass is 10.1. The molecule has 0 aliphatic heterocycles. The van der Waals surface area contributed by atoms with E-state index in [1.165, 1.54) is 17.0 Å². The maximum atomic E-state index is 12.5. The molecule has 0 aliphatic carbocycles. The summed E-state index contributed by atoms with van der Waals surface area (Å²) >= 11 is 5.52. The summed E-state index contributed by atoms with van der Waals surface area (Å²) in [4.78, 5) is 24.8. The monoisotopic (exact) mass is 459 g/mol. The highest BCUT2D eigenvalue weighted by Crippen LogP contribution is 2.23. The molecule has 2 aromatic rings. The number of nitrogens with zero attached hydrogens (tertiary/aromatic N) is 1. The number of carbonyl (C=O) groups excluding carboxylic acids is 1. The normalized spacial score (nSPS) is 10.2. The summed E-state index contributed by atoms with van der Waals surface area (Å²) in [6.07, 6.45) is 0. The number of aromatic carboxylic acids is 1. The van der Waals surface area contributed by atoms with Crippen molar-refractivity contribution in [3.05, 3.63) is 61.6 Å². The molecule has 1 N–H and O–H groups in total. The SMILES string of the molecule is CN(C(=O)c1cc(I)ccc1Br)c1ccc(C(=O)O)cc1. The number of anilines is 1. The van der Waals surface area contributed by atoms with E-state index in [-0.39, 0.29) is 11.5 Å². The number of carbonyl (C=O) groups is 2. The fourth-order valence-electron chi connectivity index (χ4n) is 1.79. The van der Waals surface area contributed by atoms with E-state index in [2.05, 4.69) is 38.5 Å². The Labute approximate surface area is 144 Å². The van der Waals surface area contributed by atoms with Gasteiger partial charge < -0.3 is 10.0 Å². The van der Waals surface area contributed by atoms with Crippen molar-refractivity contribution in [1.29, 1.82) is 0 Å². The zero-order valence-corrected chi connectivity index (χ0v) is 14.8. The number of hydrogen-bond acceptors (Lipinski definition) is 2. The van der Waals surface area contributed by atoms with Gasteiger partial charge >= 0.3 is 5.97 Å². The van der Waals surface area contributed by atoms with Gasteiger partial charge in [0, 0.05) is 20.8 Å². The van der Waals surface area contributed by atoms with Gasteiger partial charge in [0.2, 0.25) is 0 Å². The van der Waals surface area contributed by atoms with Gasteiger partial charge in [-0.25, -0.2) is 4.79 Å². The summed E-state index contributed by atoms with van der Waals surface area (Å²) in [7, 11) is 1.66. The molecule has 0 spiro atoms. The number of carboxylic acids is 1. The zero-order valence-electron chi connectivity index (χ0n) is 11.0. The number of amides is 1. The van der Waals surface area contributed by atoms with E-state index >= 15 is 0 Å². The van der Waals surface area contributed by atoms with Crippen LogP contribution in [-0.4, -0.2) is 24.0 Å². The predicted octanol–water partition coefficient (Wildman–Crippen LogP) is 4.03. The molecule has 2 aromatic carbocycles. The maximum Gasteiger partial charge on any atom is 0.335 e. The van der Waals surface area contributed by atoms with Crippen LogP contribution in [0.1, 0.15) is 20.7 Å². The molecule has 4 nitrogen and oxygen atoms in total. The smallest absolute Gasteiger partial charge is 0.335 e. The van der Waals surface area contributed by atoms with E-state index in [0.717, 1.165) is 8.04 Å². The van der Waals surface area contributed by atoms with Crippen molar-refractivity contribution in [2.24, 2.45) is 0 Å². The first-order chi connectivity index (χ1) is 9.90. The molecule has 0 heterocycles. The van der Waals surface area contributed by atoms with Crippen LogP contribution in [0, 0.1) is 3.57 Å². The molecule has 0 radical (unpaired) electrons. The molecule has 6 heteroatoms. The van der Waals surface area contributed by atoms with Crippen LogP contribution in [0.4, 0.5) is 5.69 Å². The fourth-order valence-corrected chi connectivity index (χ4v) is 2.69. The van der Waals surface area contributed by atoms with Crippen LogP contribution >= 0.6 is 38.5 Å². The highest BCUT2D eigenvalue weighted by atomic mass is 127. The molecule has 0 unspecified atom stereocenters. The van der Waals surface area contributed by atoms with E-state index < -0.39 is 5.97 Å². The average Bonchev–Trinajstić information content (AvgIpc) is 2.48. The zero-order chi connectivity index (χ0) is 15.6. The number of hydrogen-bond donors (Lipinski definition) is 1. The quantitative estimate of drug-likeness (QED) is 0.705. The second-order valence-corrected chi connectivity index (χ2v) is 6.44. The summed E-state index contributed by atoms with van der Waals surface area (Å²) in [6, 6.07) is 11.7. The van der Waals surface area contributed by atoms with Crippen LogP contribution in [-0.2, 0) is 0 Å². The molecule has 0 atom stereocenters. The minimum absolute atomic E-state index is 0.163. The van der Waals surface area contributed by atoms with Crippen molar-refractivity contribution in [2.75, 3.05) is 11.9 Å². The lowest BCUT2D eigenvalue weighted by Crippen LogP contribution is -2.26. The standard InChI is InChI=1S/C15H11BrINO3/c1-18(11-5-2-9(3-6-11)15(20)21)14(19)12-8-10(17)4-7-13(12)16/h2-8H,1H3,(H,20,21). The lowest BCUT2D eigenvalue weighted by Gasteiger charge is -2.18.